The first kappa shape index (κ1) is 8.26. The highest BCUT2D eigenvalue weighted by atomic mass is 16.4. The zero-order chi connectivity index (χ0) is 9.10. The molecule has 0 unspecified atom stereocenters. The van der Waals surface area contributed by atoms with E-state index < -0.39 is 0 Å². The van der Waals surface area contributed by atoms with Gasteiger partial charge in [0.1, 0.15) is 0 Å². The SMILES string of the molecule is O/N=C/c1ccc2c(c1)CCNC2. The minimum absolute atomic E-state index is 0.950. The number of hydrogen-bond acceptors (Lipinski definition) is 3. The van der Waals surface area contributed by atoms with Crippen LogP contribution in [0.5, 0.6) is 0 Å². The second-order valence-electron chi connectivity index (χ2n) is 3.20. The molecule has 2 N–H and O–H groups in total. The second kappa shape index (κ2) is 3.58. The summed E-state index contributed by atoms with van der Waals surface area (Å²) >= 11 is 0. The van der Waals surface area contributed by atoms with Gasteiger partial charge in [0.15, 0.2) is 0 Å². The first-order valence-corrected chi connectivity index (χ1v) is 4.40. The van der Waals surface area contributed by atoms with E-state index in [-0.39, 0.29) is 0 Å². The predicted molar refractivity (Wildman–Crippen MR) is 51.2 cm³/mol. The molecule has 1 aromatic rings. The lowest BCUT2D eigenvalue weighted by Gasteiger charge is -2.16. The minimum Gasteiger partial charge on any atom is -0.411 e. The molecule has 1 heterocycles. The lowest BCUT2D eigenvalue weighted by Crippen LogP contribution is -2.23. The Morgan fingerprint density at radius 1 is 1.38 bits per heavy atom. The molecule has 68 valence electrons. The van der Waals surface area contributed by atoms with Crippen molar-refractivity contribution in [3.63, 3.8) is 0 Å². The number of benzene rings is 1. The third-order valence-electron chi connectivity index (χ3n) is 2.32. The predicted octanol–water partition coefficient (Wildman–Crippen LogP) is 1.14. The third kappa shape index (κ3) is 1.70. The van der Waals surface area contributed by atoms with E-state index in [9.17, 15) is 0 Å². The number of rotatable bonds is 1. The molecule has 0 fully saturated rings. The van der Waals surface area contributed by atoms with Crippen molar-refractivity contribution in [1.29, 1.82) is 0 Å². The zero-order valence-corrected chi connectivity index (χ0v) is 7.33. The van der Waals surface area contributed by atoms with Crippen LogP contribution < -0.4 is 5.32 Å². The van der Waals surface area contributed by atoms with Gasteiger partial charge < -0.3 is 10.5 Å². The molecule has 3 nitrogen and oxygen atoms in total. The van der Waals surface area contributed by atoms with Gasteiger partial charge >= 0.3 is 0 Å². The summed E-state index contributed by atoms with van der Waals surface area (Å²) in [5, 5.41) is 14.7. The summed E-state index contributed by atoms with van der Waals surface area (Å²) in [7, 11) is 0. The third-order valence-corrected chi connectivity index (χ3v) is 2.32. The molecule has 1 aromatic carbocycles. The van der Waals surface area contributed by atoms with Crippen molar-refractivity contribution in [3.05, 3.63) is 34.9 Å². The smallest absolute Gasteiger partial charge is 0.0733 e. The number of nitrogens with zero attached hydrogens (tertiary/aromatic N) is 1. The minimum atomic E-state index is 0.950. The molecule has 0 atom stereocenters. The highest BCUT2D eigenvalue weighted by molar-refractivity contribution is 5.79. The number of fused-ring (bicyclic) bond motifs is 1. The van der Waals surface area contributed by atoms with Crippen LogP contribution in [0.3, 0.4) is 0 Å². The molecule has 0 amide bonds. The van der Waals surface area contributed by atoms with Crippen molar-refractivity contribution >= 4 is 6.21 Å². The maximum atomic E-state index is 8.38. The summed E-state index contributed by atoms with van der Waals surface area (Å²) in [5.74, 6) is 0. The van der Waals surface area contributed by atoms with Crippen LogP contribution in [0.1, 0.15) is 16.7 Å². The summed E-state index contributed by atoms with van der Waals surface area (Å²) in [6.07, 6.45) is 2.52. The molecule has 3 heteroatoms. The Bertz CT molecular complexity index is 334. The van der Waals surface area contributed by atoms with Gasteiger partial charge in [-0.1, -0.05) is 17.3 Å². The summed E-state index contributed by atoms with van der Waals surface area (Å²) in [4.78, 5) is 0. The van der Waals surface area contributed by atoms with E-state index in [1.165, 1.54) is 17.3 Å². The fourth-order valence-corrected chi connectivity index (χ4v) is 1.64. The molecule has 0 aromatic heterocycles. The Hall–Kier alpha value is -1.35. The highest BCUT2D eigenvalue weighted by Crippen LogP contribution is 2.14. The molecule has 0 saturated heterocycles. The van der Waals surface area contributed by atoms with Crippen molar-refractivity contribution in [2.24, 2.45) is 5.16 Å². The lowest BCUT2D eigenvalue weighted by atomic mass is 9.99. The highest BCUT2D eigenvalue weighted by Gasteiger charge is 2.07. The molecule has 0 saturated carbocycles. The van der Waals surface area contributed by atoms with Crippen LogP contribution in [-0.4, -0.2) is 18.0 Å². The van der Waals surface area contributed by atoms with E-state index in [0.29, 0.717) is 0 Å². The Morgan fingerprint density at radius 3 is 3.15 bits per heavy atom. The quantitative estimate of drug-likeness (QED) is 0.383. The molecule has 2 rings (SSSR count). The van der Waals surface area contributed by atoms with Gasteiger partial charge in [0.05, 0.1) is 6.21 Å². The zero-order valence-electron chi connectivity index (χ0n) is 7.33. The van der Waals surface area contributed by atoms with Gasteiger partial charge in [0.25, 0.3) is 0 Å². The molecule has 13 heavy (non-hydrogen) atoms. The molecule has 0 spiro atoms. The second-order valence-corrected chi connectivity index (χ2v) is 3.20. The van der Waals surface area contributed by atoms with Gasteiger partial charge in [0.2, 0.25) is 0 Å². The van der Waals surface area contributed by atoms with E-state index in [0.717, 1.165) is 25.1 Å². The fourth-order valence-electron chi connectivity index (χ4n) is 1.64. The molecule has 0 bridgehead atoms. The monoisotopic (exact) mass is 176 g/mol. The summed E-state index contributed by atoms with van der Waals surface area (Å²) in [5.41, 5.74) is 3.67. The van der Waals surface area contributed by atoms with Crippen molar-refractivity contribution in [2.75, 3.05) is 6.54 Å². The number of oxime groups is 1. The normalized spacial score (nSPS) is 16.0. The summed E-state index contributed by atoms with van der Waals surface area (Å²) < 4.78 is 0. The van der Waals surface area contributed by atoms with Crippen molar-refractivity contribution in [1.82, 2.24) is 5.32 Å². The largest absolute Gasteiger partial charge is 0.411 e. The van der Waals surface area contributed by atoms with Gasteiger partial charge in [-0.2, -0.15) is 0 Å². The number of hydrogen-bond donors (Lipinski definition) is 2. The summed E-state index contributed by atoms with van der Waals surface area (Å²) in [6.45, 7) is 1.98. The van der Waals surface area contributed by atoms with Crippen molar-refractivity contribution < 1.29 is 5.21 Å². The molecule has 0 aliphatic carbocycles. The molecule has 1 aliphatic heterocycles. The average molecular weight is 176 g/mol. The van der Waals surface area contributed by atoms with Crippen molar-refractivity contribution in [3.8, 4) is 0 Å². The standard InChI is InChI=1S/C10H12N2O/c13-12-6-8-1-2-10-7-11-4-3-9(10)5-8/h1-2,5-6,11,13H,3-4,7H2/b12-6+. The van der Waals surface area contributed by atoms with Gasteiger partial charge in [0, 0.05) is 6.54 Å². The van der Waals surface area contributed by atoms with Crippen LogP contribution >= 0.6 is 0 Å². The molecular weight excluding hydrogens is 164 g/mol. The Balaban J connectivity index is 2.35. The Labute approximate surface area is 77.1 Å². The van der Waals surface area contributed by atoms with Gasteiger partial charge in [-0.05, 0) is 35.7 Å². The molecule has 1 aliphatic rings. The van der Waals surface area contributed by atoms with E-state index >= 15 is 0 Å². The lowest BCUT2D eigenvalue weighted by molar-refractivity contribution is 0.322. The van der Waals surface area contributed by atoms with E-state index in [4.69, 9.17) is 5.21 Å². The van der Waals surface area contributed by atoms with Crippen LogP contribution in [0.15, 0.2) is 23.4 Å². The molecular formula is C10H12N2O. The van der Waals surface area contributed by atoms with Crippen LogP contribution in [-0.2, 0) is 13.0 Å². The topological polar surface area (TPSA) is 44.6 Å². The van der Waals surface area contributed by atoms with Gasteiger partial charge in [-0.25, -0.2) is 0 Å². The summed E-state index contributed by atoms with van der Waals surface area (Å²) in [6, 6.07) is 6.12. The Morgan fingerprint density at radius 2 is 2.31 bits per heavy atom. The van der Waals surface area contributed by atoms with Gasteiger partial charge in [-0.15, -0.1) is 0 Å². The first-order chi connectivity index (χ1) is 6.40. The van der Waals surface area contributed by atoms with Crippen LogP contribution in [0.2, 0.25) is 0 Å². The van der Waals surface area contributed by atoms with E-state index in [1.54, 1.807) is 0 Å². The van der Waals surface area contributed by atoms with E-state index in [1.807, 2.05) is 6.07 Å². The van der Waals surface area contributed by atoms with E-state index in [2.05, 4.69) is 22.6 Å². The fraction of sp³-hybridized carbons (Fsp3) is 0.300. The maximum Gasteiger partial charge on any atom is 0.0733 e. The first-order valence-electron chi connectivity index (χ1n) is 4.40. The Kier molecular flexibility index (Phi) is 2.27. The van der Waals surface area contributed by atoms with Gasteiger partial charge in [-0.3, -0.25) is 0 Å². The molecule has 0 radical (unpaired) electrons. The average Bonchev–Trinajstić information content (AvgIpc) is 2.18. The number of nitrogens with one attached hydrogen (secondary N) is 1. The van der Waals surface area contributed by atoms with Crippen molar-refractivity contribution in [2.45, 2.75) is 13.0 Å². The maximum absolute atomic E-state index is 8.38. The van der Waals surface area contributed by atoms with Crippen LogP contribution in [0.25, 0.3) is 0 Å². The van der Waals surface area contributed by atoms with Crippen LogP contribution in [0, 0.1) is 0 Å². The van der Waals surface area contributed by atoms with Crippen LogP contribution in [0.4, 0.5) is 0 Å².